The van der Waals surface area contributed by atoms with Crippen LogP contribution in [0.25, 0.3) is 0 Å². The maximum Gasteiger partial charge on any atom is 0.215 e. The molecule has 1 heterocycles. The number of sulfonamides is 1. The molecule has 0 unspecified atom stereocenters. The molecule has 0 aromatic rings. The molecule has 3 aliphatic rings. The van der Waals surface area contributed by atoms with Crippen LogP contribution in [0.4, 0.5) is 0 Å². The van der Waals surface area contributed by atoms with E-state index in [9.17, 15) is 8.42 Å². The third-order valence-electron chi connectivity index (χ3n) is 5.32. The molecule has 1 spiro atoms. The normalized spacial score (nSPS) is 52.1. The second-order valence-corrected chi connectivity index (χ2v) is 7.65. The minimum atomic E-state index is -2.99. The van der Waals surface area contributed by atoms with Gasteiger partial charge in [-0.1, -0.05) is 13.8 Å². The van der Waals surface area contributed by atoms with E-state index in [2.05, 4.69) is 18.6 Å². The van der Waals surface area contributed by atoms with Crippen molar-refractivity contribution in [2.75, 3.05) is 6.54 Å². The van der Waals surface area contributed by atoms with Gasteiger partial charge in [0, 0.05) is 12.0 Å². The Bertz CT molecular complexity index is 387. The van der Waals surface area contributed by atoms with Gasteiger partial charge in [0.2, 0.25) is 10.0 Å². The van der Waals surface area contributed by atoms with Crippen LogP contribution >= 0.6 is 0 Å². The molecule has 3 rings (SSSR count). The summed E-state index contributed by atoms with van der Waals surface area (Å²) in [4.78, 5) is 0. The highest BCUT2D eigenvalue weighted by Crippen LogP contribution is 2.68. The quantitative estimate of drug-likeness (QED) is 0.658. The van der Waals surface area contributed by atoms with Crippen molar-refractivity contribution in [1.29, 1.82) is 0 Å². The molecule has 14 heavy (non-hydrogen) atoms. The van der Waals surface area contributed by atoms with Crippen LogP contribution in [-0.4, -0.2) is 20.2 Å². The van der Waals surface area contributed by atoms with E-state index in [4.69, 9.17) is 0 Å². The summed E-state index contributed by atoms with van der Waals surface area (Å²) < 4.78 is 26.4. The highest BCUT2D eigenvalue weighted by atomic mass is 32.2. The molecule has 1 N–H and O–H groups in total. The molecule has 2 aliphatic carbocycles. The van der Waals surface area contributed by atoms with Crippen molar-refractivity contribution in [2.45, 2.75) is 38.4 Å². The standard InChI is InChI=1S/C10H17NO2S/c1-9(2)7-3-4-10(9)6-11-14(12,13)8(10)5-7/h7-8,11H,3-6H2,1-2H3/t7-,8-,10+/m1/s1. The smallest absolute Gasteiger partial charge is 0.214 e. The highest BCUT2D eigenvalue weighted by Gasteiger charge is 2.70. The molecule has 0 amide bonds. The van der Waals surface area contributed by atoms with Crippen LogP contribution in [-0.2, 0) is 10.0 Å². The van der Waals surface area contributed by atoms with Gasteiger partial charge >= 0.3 is 0 Å². The van der Waals surface area contributed by atoms with Gasteiger partial charge in [-0.25, -0.2) is 13.1 Å². The zero-order chi connectivity index (χ0) is 10.2. The van der Waals surface area contributed by atoms with E-state index >= 15 is 0 Å². The third kappa shape index (κ3) is 0.735. The maximum atomic E-state index is 11.8. The molecular weight excluding hydrogens is 198 g/mol. The summed E-state index contributed by atoms with van der Waals surface area (Å²) in [5.74, 6) is 0.629. The molecule has 0 radical (unpaired) electrons. The Morgan fingerprint density at radius 3 is 2.64 bits per heavy atom. The second-order valence-electron chi connectivity index (χ2n) is 5.70. The third-order valence-corrected chi connectivity index (χ3v) is 7.26. The first-order valence-corrected chi connectivity index (χ1v) is 6.93. The van der Waals surface area contributed by atoms with Gasteiger partial charge in [0.1, 0.15) is 0 Å². The zero-order valence-electron chi connectivity index (χ0n) is 8.71. The molecule has 3 nitrogen and oxygen atoms in total. The van der Waals surface area contributed by atoms with Gasteiger partial charge in [-0.05, 0) is 30.6 Å². The summed E-state index contributed by atoms with van der Waals surface area (Å²) in [5, 5.41) is -0.0938. The molecule has 2 bridgehead atoms. The Labute approximate surface area is 85.3 Å². The summed E-state index contributed by atoms with van der Waals surface area (Å²) >= 11 is 0. The molecule has 3 fully saturated rings. The molecule has 1 saturated heterocycles. The van der Waals surface area contributed by atoms with Crippen LogP contribution in [0.2, 0.25) is 0 Å². The predicted molar refractivity (Wildman–Crippen MR) is 54.3 cm³/mol. The van der Waals surface area contributed by atoms with Crippen molar-refractivity contribution in [3.63, 3.8) is 0 Å². The number of fused-ring (bicyclic) bond motifs is 1. The second kappa shape index (κ2) is 2.19. The van der Waals surface area contributed by atoms with Gasteiger partial charge in [0.25, 0.3) is 0 Å². The maximum absolute atomic E-state index is 11.8. The first-order valence-electron chi connectivity index (χ1n) is 5.39. The molecule has 1 aliphatic heterocycles. The first-order chi connectivity index (χ1) is 6.40. The molecule has 0 aromatic carbocycles. The van der Waals surface area contributed by atoms with E-state index < -0.39 is 10.0 Å². The van der Waals surface area contributed by atoms with Crippen molar-refractivity contribution >= 4 is 10.0 Å². The average Bonchev–Trinajstić information content (AvgIpc) is 2.60. The fourth-order valence-electron chi connectivity index (χ4n) is 4.18. The zero-order valence-corrected chi connectivity index (χ0v) is 9.52. The summed E-state index contributed by atoms with van der Waals surface area (Å²) in [6, 6.07) is 0. The summed E-state index contributed by atoms with van der Waals surface area (Å²) in [6.07, 6.45) is 3.21. The molecule has 80 valence electrons. The Balaban J connectivity index is 2.17. The lowest BCUT2D eigenvalue weighted by atomic mass is 9.69. The summed E-state index contributed by atoms with van der Waals surface area (Å²) in [7, 11) is -2.99. The fraction of sp³-hybridized carbons (Fsp3) is 1.00. The van der Waals surface area contributed by atoms with Gasteiger partial charge in [-0.2, -0.15) is 0 Å². The van der Waals surface area contributed by atoms with Crippen molar-refractivity contribution in [3.8, 4) is 0 Å². The van der Waals surface area contributed by atoms with Crippen LogP contribution in [0, 0.1) is 16.7 Å². The van der Waals surface area contributed by atoms with E-state index in [0.717, 1.165) is 12.8 Å². The van der Waals surface area contributed by atoms with Crippen LogP contribution in [0.1, 0.15) is 33.1 Å². The summed E-state index contributed by atoms with van der Waals surface area (Å²) in [5.41, 5.74) is 0.269. The van der Waals surface area contributed by atoms with Crippen LogP contribution in [0.5, 0.6) is 0 Å². The Morgan fingerprint density at radius 1 is 1.36 bits per heavy atom. The van der Waals surface area contributed by atoms with Gasteiger partial charge in [-0.15, -0.1) is 0 Å². The number of hydrogen-bond donors (Lipinski definition) is 1. The lowest BCUT2D eigenvalue weighted by molar-refractivity contribution is 0.146. The SMILES string of the molecule is CC1(C)[C@@H]2CC[C@@]13CNS(=O)(=O)[C@@H]3C2. The van der Waals surface area contributed by atoms with Gasteiger partial charge in [0.05, 0.1) is 5.25 Å². The largest absolute Gasteiger partial charge is 0.215 e. The van der Waals surface area contributed by atoms with Crippen LogP contribution < -0.4 is 4.72 Å². The molecule has 3 atom stereocenters. The number of rotatable bonds is 0. The number of nitrogens with one attached hydrogen (secondary N) is 1. The van der Waals surface area contributed by atoms with Crippen molar-refractivity contribution in [3.05, 3.63) is 0 Å². The lowest BCUT2D eigenvalue weighted by Crippen LogP contribution is -2.38. The Morgan fingerprint density at radius 2 is 2.07 bits per heavy atom. The van der Waals surface area contributed by atoms with Crippen LogP contribution in [0.3, 0.4) is 0 Å². The predicted octanol–water partition coefficient (Wildman–Crippen LogP) is 1.11. The van der Waals surface area contributed by atoms with E-state index in [1.807, 2.05) is 0 Å². The van der Waals surface area contributed by atoms with Gasteiger partial charge < -0.3 is 0 Å². The topological polar surface area (TPSA) is 46.2 Å². The van der Waals surface area contributed by atoms with Crippen LogP contribution in [0.15, 0.2) is 0 Å². The van der Waals surface area contributed by atoms with Gasteiger partial charge in [0.15, 0.2) is 0 Å². The van der Waals surface area contributed by atoms with Gasteiger partial charge in [-0.3, -0.25) is 0 Å². The Kier molecular flexibility index (Phi) is 1.43. The minimum absolute atomic E-state index is 0.0521. The summed E-state index contributed by atoms with van der Waals surface area (Å²) in [6.45, 7) is 5.20. The highest BCUT2D eigenvalue weighted by molar-refractivity contribution is 7.90. The van der Waals surface area contributed by atoms with Crippen molar-refractivity contribution < 1.29 is 8.42 Å². The molecule has 2 saturated carbocycles. The number of hydrogen-bond acceptors (Lipinski definition) is 2. The van der Waals surface area contributed by atoms with E-state index in [-0.39, 0.29) is 16.1 Å². The van der Waals surface area contributed by atoms with Crippen molar-refractivity contribution in [1.82, 2.24) is 4.72 Å². The minimum Gasteiger partial charge on any atom is -0.214 e. The Hall–Kier alpha value is -0.0900. The van der Waals surface area contributed by atoms with E-state index in [0.29, 0.717) is 12.5 Å². The average molecular weight is 215 g/mol. The monoisotopic (exact) mass is 215 g/mol. The molecule has 4 heteroatoms. The fourth-order valence-corrected chi connectivity index (χ4v) is 6.42. The molecular formula is C10H17NO2S. The lowest BCUT2D eigenvalue weighted by Gasteiger charge is -2.36. The first kappa shape index (κ1) is 9.16. The van der Waals surface area contributed by atoms with E-state index in [1.54, 1.807) is 0 Å². The van der Waals surface area contributed by atoms with Crippen molar-refractivity contribution in [2.24, 2.45) is 16.7 Å². The van der Waals surface area contributed by atoms with E-state index in [1.165, 1.54) is 6.42 Å². The molecule has 0 aromatic heterocycles.